The maximum Gasteiger partial charge on any atom is 0.303 e. The van der Waals surface area contributed by atoms with Crippen LogP contribution >= 0.6 is 0 Å². The molecule has 15 atom stereocenters. The van der Waals surface area contributed by atoms with Crippen LogP contribution in [0.4, 0.5) is 0 Å². The lowest BCUT2D eigenvalue weighted by molar-refractivity contribution is -0.234. The van der Waals surface area contributed by atoms with Gasteiger partial charge in [-0.3, -0.25) is 4.79 Å². The van der Waals surface area contributed by atoms with Crippen LogP contribution in [0.3, 0.4) is 0 Å². The number of aliphatic hydroxyl groups is 4. The van der Waals surface area contributed by atoms with Gasteiger partial charge in [-0.15, -0.1) is 0 Å². The van der Waals surface area contributed by atoms with Crippen LogP contribution < -0.4 is 0 Å². The summed E-state index contributed by atoms with van der Waals surface area (Å²) in [5, 5.41) is 42.3. The molecule has 5 unspecified atom stereocenters. The summed E-state index contributed by atoms with van der Waals surface area (Å²) >= 11 is 0. The predicted octanol–water partition coefficient (Wildman–Crippen LogP) is 4.46. The lowest BCUT2D eigenvalue weighted by Crippen LogP contribution is -2.56. The first-order chi connectivity index (χ1) is 21.5. The molecule has 0 bridgehead atoms. The minimum Gasteiger partial charge on any atom is -0.457 e. The Morgan fingerprint density at radius 3 is 2.35 bits per heavy atom. The standard InChI is InChI=1S/C37H62O9/c1-20-19-24(32(34(6,7)42)44-22(3)40)45-31-28(20)35(8)14-15-36-21(2)37(36)13-11-26(46-27(12-16-38)43-18-17-39)33(4,5)25(37)10-9-23(36)29(35)30(31)41/h20-21,23-32,38-39,41-42H,9-19H2,1-8H3/t20-,21+,23+,24-,25?,26+,27?,28+,29?,30?,31+,32+,35-,36+,37?/m1/s1. The van der Waals surface area contributed by atoms with Crippen LogP contribution in [0.25, 0.3) is 0 Å². The minimum atomic E-state index is -1.26. The average molecular weight is 651 g/mol. The summed E-state index contributed by atoms with van der Waals surface area (Å²) in [6, 6.07) is 0. The van der Waals surface area contributed by atoms with E-state index in [-0.39, 0.29) is 71.4 Å². The third kappa shape index (κ3) is 4.91. The van der Waals surface area contributed by atoms with Crippen molar-refractivity contribution in [1.29, 1.82) is 0 Å². The summed E-state index contributed by atoms with van der Waals surface area (Å²) in [4.78, 5) is 12.0. The maximum atomic E-state index is 12.3. The zero-order valence-corrected chi connectivity index (χ0v) is 29.5. The Kier molecular flexibility index (Phi) is 9.07. The number of hydrogen-bond donors (Lipinski definition) is 4. The van der Waals surface area contributed by atoms with E-state index < -0.39 is 36.2 Å². The minimum absolute atomic E-state index is 0.0145. The fourth-order valence-electron chi connectivity index (χ4n) is 13.6. The Labute approximate surface area is 276 Å². The van der Waals surface area contributed by atoms with Gasteiger partial charge in [0.05, 0.1) is 43.2 Å². The largest absolute Gasteiger partial charge is 0.457 e. The first-order valence-electron chi connectivity index (χ1n) is 18.2. The smallest absolute Gasteiger partial charge is 0.303 e. The van der Waals surface area contributed by atoms with E-state index in [2.05, 4.69) is 34.6 Å². The van der Waals surface area contributed by atoms with Crippen LogP contribution in [0, 0.1) is 57.2 Å². The molecule has 4 N–H and O–H groups in total. The topological polar surface area (TPSA) is 135 Å². The van der Waals surface area contributed by atoms with Gasteiger partial charge in [0.25, 0.3) is 0 Å². The summed E-state index contributed by atoms with van der Waals surface area (Å²) in [5.41, 5.74) is -0.953. The van der Waals surface area contributed by atoms with E-state index in [0.29, 0.717) is 30.6 Å². The number of aliphatic hydroxyl groups excluding tert-OH is 3. The van der Waals surface area contributed by atoms with Crippen molar-refractivity contribution in [2.75, 3.05) is 19.8 Å². The molecule has 1 heterocycles. The highest BCUT2D eigenvalue weighted by atomic mass is 16.7. The molecule has 6 aliphatic rings. The van der Waals surface area contributed by atoms with E-state index in [4.69, 9.17) is 18.9 Å². The zero-order valence-electron chi connectivity index (χ0n) is 29.5. The Hall–Kier alpha value is -0.810. The second-order valence-electron chi connectivity index (χ2n) is 17.6. The van der Waals surface area contributed by atoms with Crippen LogP contribution in [0.1, 0.15) is 107 Å². The van der Waals surface area contributed by atoms with Gasteiger partial charge in [-0.1, -0.05) is 34.6 Å². The van der Waals surface area contributed by atoms with Gasteiger partial charge in [0, 0.05) is 20.0 Å². The summed E-state index contributed by atoms with van der Waals surface area (Å²) in [6.45, 7) is 16.7. The molecular weight excluding hydrogens is 588 g/mol. The lowest BCUT2D eigenvalue weighted by Gasteiger charge is -2.60. The summed E-state index contributed by atoms with van der Waals surface area (Å²) < 4.78 is 24.8. The molecule has 0 amide bonds. The summed E-state index contributed by atoms with van der Waals surface area (Å²) in [5.74, 6) is 1.68. The zero-order chi connectivity index (χ0) is 33.6. The van der Waals surface area contributed by atoms with Crippen molar-refractivity contribution < 1.29 is 44.2 Å². The number of carbonyl (C=O) groups excluding carboxylic acids is 1. The van der Waals surface area contributed by atoms with Crippen LogP contribution in [0.5, 0.6) is 0 Å². The first kappa shape index (κ1) is 35.0. The second-order valence-corrected chi connectivity index (χ2v) is 17.6. The molecule has 9 nitrogen and oxygen atoms in total. The molecule has 46 heavy (non-hydrogen) atoms. The molecule has 5 saturated carbocycles. The third-order valence-corrected chi connectivity index (χ3v) is 15.0. The normalized spacial score (nSPS) is 48.6. The van der Waals surface area contributed by atoms with Gasteiger partial charge in [0.2, 0.25) is 0 Å². The molecule has 2 spiro atoms. The molecule has 1 saturated heterocycles. The number of hydrogen-bond acceptors (Lipinski definition) is 9. The number of esters is 1. The van der Waals surface area contributed by atoms with Gasteiger partial charge >= 0.3 is 5.97 Å². The van der Waals surface area contributed by atoms with Gasteiger partial charge in [0.15, 0.2) is 12.4 Å². The molecule has 6 rings (SSSR count). The fraction of sp³-hybridized carbons (Fsp3) is 0.973. The van der Waals surface area contributed by atoms with E-state index in [1.54, 1.807) is 13.8 Å². The van der Waals surface area contributed by atoms with Crippen molar-refractivity contribution in [2.24, 2.45) is 57.2 Å². The molecule has 0 aromatic heterocycles. The van der Waals surface area contributed by atoms with Gasteiger partial charge in [0.1, 0.15) is 0 Å². The fourth-order valence-corrected chi connectivity index (χ4v) is 13.6. The van der Waals surface area contributed by atoms with E-state index >= 15 is 0 Å². The second kappa shape index (κ2) is 11.9. The maximum absolute atomic E-state index is 12.3. The SMILES string of the molecule is CC(=O)O[C@@H]([C@H]1C[C@@H](C)[C@H]2[C@H](O1)C(O)C1[C@@H]3CCC4C(C)(C)[C@@H](OC(CCO)OCCO)CCC45[C@@H](C)[C@@]35CC[C@@]12C)C(C)(C)O. The molecule has 5 aliphatic carbocycles. The highest BCUT2D eigenvalue weighted by molar-refractivity contribution is 5.66. The summed E-state index contributed by atoms with van der Waals surface area (Å²) in [6.07, 6.45) is 4.86. The van der Waals surface area contributed by atoms with Crippen molar-refractivity contribution >= 4 is 5.97 Å². The highest BCUT2D eigenvalue weighted by Crippen LogP contribution is 2.89. The van der Waals surface area contributed by atoms with Gasteiger partial charge in [-0.25, -0.2) is 0 Å². The predicted molar refractivity (Wildman–Crippen MR) is 171 cm³/mol. The Morgan fingerprint density at radius 1 is 1.00 bits per heavy atom. The number of ether oxygens (including phenoxy) is 4. The van der Waals surface area contributed by atoms with E-state index in [1.165, 1.54) is 13.3 Å². The molecule has 1 aliphatic heterocycles. The van der Waals surface area contributed by atoms with Crippen molar-refractivity contribution in [1.82, 2.24) is 0 Å². The van der Waals surface area contributed by atoms with Gasteiger partial charge in [-0.2, -0.15) is 0 Å². The van der Waals surface area contributed by atoms with Crippen molar-refractivity contribution in [3.63, 3.8) is 0 Å². The van der Waals surface area contributed by atoms with E-state index in [0.717, 1.165) is 32.1 Å². The van der Waals surface area contributed by atoms with Crippen molar-refractivity contribution in [3.05, 3.63) is 0 Å². The monoisotopic (exact) mass is 650 g/mol. The molecule has 6 fully saturated rings. The van der Waals surface area contributed by atoms with Gasteiger partial charge in [-0.05, 0) is 116 Å². The van der Waals surface area contributed by atoms with E-state index in [1.807, 2.05) is 0 Å². The van der Waals surface area contributed by atoms with E-state index in [9.17, 15) is 25.2 Å². The molecule has 264 valence electrons. The van der Waals surface area contributed by atoms with Crippen LogP contribution in [0.15, 0.2) is 0 Å². The Balaban J connectivity index is 1.26. The quantitative estimate of drug-likeness (QED) is 0.200. The number of rotatable bonds is 10. The molecule has 0 aromatic rings. The Bertz CT molecular complexity index is 1140. The first-order valence-corrected chi connectivity index (χ1v) is 18.2. The summed E-state index contributed by atoms with van der Waals surface area (Å²) in [7, 11) is 0. The molecular formula is C37H62O9. The van der Waals surface area contributed by atoms with Crippen molar-refractivity contribution in [3.8, 4) is 0 Å². The highest BCUT2D eigenvalue weighted by Gasteiger charge is 2.85. The Morgan fingerprint density at radius 2 is 1.72 bits per heavy atom. The number of fused-ring (bicyclic) bond motifs is 4. The molecule has 9 heteroatoms. The van der Waals surface area contributed by atoms with Crippen LogP contribution in [-0.4, -0.2) is 88.6 Å². The lowest BCUT2D eigenvalue weighted by atomic mass is 9.45. The molecule has 0 radical (unpaired) electrons. The third-order valence-electron chi connectivity index (χ3n) is 15.0. The van der Waals surface area contributed by atoms with Gasteiger partial charge < -0.3 is 39.4 Å². The van der Waals surface area contributed by atoms with Crippen molar-refractivity contribution in [2.45, 2.75) is 149 Å². The molecule has 0 aromatic carbocycles. The average Bonchev–Trinajstić information content (AvgIpc) is 3.40. The van der Waals surface area contributed by atoms with Crippen LogP contribution in [-0.2, 0) is 23.7 Å². The van der Waals surface area contributed by atoms with Crippen LogP contribution in [0.2, 0.25) is 0 Å². The number of carbonyl (C=O) groups is 1.